The van der Waals surface area contributed by atoms with Gasteiger partial charge in [0.05, 0.1) is 0 Å². The summed E-state index contributed by atoms with van der Waals surface area (Å²) >= 11 is 0. The molecule has 1 aliphatic heterocycles. The molecule has 0 spiro atoms. The van der Waals surface area contributed by atoms with Crippen LogP contribution in [0.15, 0.2) is 18.3 Å². The van der Waals surface area contributed by atoms with Crippen molar-refractivity contribution in [2.24, 2.45) is 12.8 Å². The van der Waals surface area contributed by atoms with E-state index in [-0.39, 0.29) is 6.04 Å². The summed E-state index contributed by atoms with van der Waals surface area (Å²) in [7, 11) is 2.13. The van der Waals surface area contributed by atoms with Crippen LogP contribution in [0.3, 0.4) is 0 Å². The first-order valence-corrected chi connectivity index (χ1v) is 6.71. The third-order valence-corrected chi connectivity index (χ3v) is 3.89. The predicted octanol–water partition coefficient (Wildman–Crippen LogP) is 2.06. The summed E-state index contributed by atoms with van der Waals surface area (Å²) in [5.74, 6) is 0. The van der Waals surface area contributed by atoms with Crippen molar-refractivity contribution in [2.45, 2.75) is 38.9 Å². The van der Waals surface area contributed by atoms with Crippen molar-refractivity contribution >= 4 is 10.9 Å². The predicted molar refractivity (Wildman–Crippen MR) is 75.4 cm³/mol. The van der Waals surface area contributed by atoms with Gasteiger partial charge in [0, 0.05) is 43.3 Å². The molecule has 0 saturated carbocycles. The molecule has 0 aliphatic carbocycles. The van der Waals surface area contributed by atoms with Crippen molar-refractivity contribution in [3.8, 4) is 0 Å². The van der Waals surface area contributed by atoms with Gasteiger partial charge in [0.15, 0.2) is 0 Å². The number of nitrogens with one attached hydrogen (secondary N) is 1. The molecule has 96 valence electrons. The molecule has 3 N–H and O–H groups in total. The van der Waals surface area contributed by atoms with E-state index in [4.69, 9.17) is 5.73 Å². The van der Waals surface area contributed by atoms with Crippen LogP contribution in [0.2, 0.25) is 0 Å². The van der Waals surface area contributed by atoms with Gasteiger partial charge in [-0.15, -0.1) is 0 Å². The second kappa shape index (κ2) is 4.41. The number of aromatic nitrogens is 1. The molecule has 3 rings (SSSR count). The minimum atomic E-state index is 0.274. The number of nitrogens with zero attached hydrogens (tertiary/aromatic N) is 1. The van der Waals surface area contributed by atoms with Gasteiger partial charge in [-0.2, -0.15) is 0 Å². The van der Waals surface area contributed by atoms with Crippen LogP contribution in [0, 0.1) is 0 Å². The average Bonchev–Trinajstić information content (AvgIpc) is 2.89. The monoisotopic (exact) mass is 243 g/mol. The van der Waals surface area contributed by atoms with Gasteiger partial charge in [-0.05, 0) is 48.6 Å². The second-order valence-corrected chi connectivity index (χ2v) is 5.52. The van der Waals surface area contributed by atoms with E-state index in [1.807, 2.05) is 0 Å². The van der Waals surface area contributed by atoms with Crippen molar-refractivity contribution < 1.29 is 0 Å². The molecular weight excluding hydrogens is 222 g/mol. The summed E-state index contributed by atoms with van der Waals surface area (Å²) in [6.45, 7) is 4.09. The van der Waals surface area contributed by atoms with E-state index >= 15 is 0 Å². The van der Waals surface area contributed by atoms with Gasteiger partial charge in [0.25, 0.3) is 0 Å². The fourth-order valence-corrected chi connectivity index (χ4v) is 2.84. The molecule has 1 aromatic carbocycles. The Kier molecular flexibility index (Phi) is 2.88. The third-order valence-electron chi connectivity index (χ3n) is 3.89. The minimum absolute atomic E-state index is 0.274. The van der Waals surface area contributed by atoms with Crippen LogP contribution in [0.1, 0.15) is 30.0 Å². The number of hydrogen-bond donors (Lipinski definition) is 2. The topological polar surface area (TPSA) is 43.0 Å². The number of rotatable bonds is 3. The van der Waals surface area contributed by atoms with Gasteiger partial charge in [0.2, 0.25) is 0 Å². The molecule has 3 heteroatoms. The SMILES string of the molecule is CC(N)CCc1cn(C)c2cc3c(cc12)CNC3. The third kappa shape index (κ3) is 1.93. The lowest BCUT2D eigenvalue weighted by molar-refractivity contribution is 0.667. The molecule has 1 aliphatic rings. The Labute approximate surface area is 108 Å². The molecule has 1 unspecified atom stereocenters. The molecule has 1 aromatic heterocycles. The maximum absolute atomic E-state index is 5.86. The number of benzene rings is 1. The number of hydrogen-bond acceptors (Lipinski definition) is 2. The fourth-order valence-electron chi connectivity index (χ4n) is 2.84. The minimum Gasteiger partial charge on any atom is -0.350 e. The lowest BCUT2D eigenvalue weighted by Crippen LogP contribution is -2.15. The lowest BCUT2D eigenvalue weighted by atomic mass is 10.0. The van der Waals surface area contributed by atoms with Crippen molar-refractivity contribution in [1.82, 2.24) is 9.88 Å². The quantitative estimate of drug-likeness (QED) is 0.866. The highest BCUT2D eigenvalue weighted by Crippen LogP contribution is 2.28. The second-order valence-electron chi connectivity index (χ2n) is 5.52. The van der Waals surface area contributed by atoms with E-state index in [0.717, 1.165) is 25.9 Å². The maximum Gasteiger partial charge on any atom is 0.0484 e. The van der Waals surface area contributed by atoms with E-state index in [0.29, 0.717) is 0 Å². The average molecular weight is 243 g/mol. The van der Waals surface area contributed by atoms with Crippen LogP contribution in [-0.4, -0.2) is 10.6 Å². The molecular formula is C15H21N3. The number of nitrogens with two attached hydrogens (primary N) is 1. The van der Waals surface area contributed by atoms with Gasteiger partial charge < -0.3 is 15.6 Å². The molecule has 2 heterocycles. The van der Waals surface area contributed by atoms with E-state index in [1.165, 1.54) is 27.6 Å². The van der Waals surface area contributed by atoms with Crippen molar-refractivity contribution in [3.05, 3.63) is 35.0 Å². The number of aryl methyl sites for hydroxylation is 2. The highest BCUT2D eigenvalue weighted by atomic mass is 14.9. The zero-order chi connectivity index (χ0) is 12.7. The van der Waals surface area contributed by atoms with E-state index in [2.05, 4.69) is 42.2 Å². The van der Waals surface area contributed by atoms with E-state index in [1.54, 1.807) is 0 Å². The van der Waals surface area contributed by atoms with Crippen LogP contribution in [0.5, 0.6) is 0 Å². The van der Waals surface area contributed by atoms with Crippen molar-refractivity contribution in [3.63, 3.8) is 0 Å². The van der Waals surface area contributed by atoms with Crippen LogP contribution in [-0.2, 0) is 26.6 Å². The Morgan fingerprint density at radius 1 is 1.33 bits per heavy atom. The largest absolute Gasteiger partial charge is 0.350 e. The van der Waals surface area contributed by atoms with Crippen molar-refractivity contribution in [2.75, 3.05) is 0 Å². The summed E-state index contributed by atoms with van der Waals surface area (Å²) in [6, 6.07) is 4.97. The molecule has 0 fully saturated rings. The number of fused-ring (bicyclic) bond motifs is 2. The Morgan fingerprint density at radius 2 is 2.06 bits per heavy atom. The Balaban J connectivity index is 2.05. The smallest absolute Gasteiger partial charge is 0.0484 e. The molecule has 2 aromatic rings. The normalized spacial score (nSPS) is 16.2. The van der Waals surface area contributed by atoms with Gasteiger partial charge in [-0.3, -0.25) is 0 Å². The van der Waals surface area contributed by atoms with Gasteiger partial charge >= 0.3 is 0 Å². The van der Waals surface area contributed by atoms with Crippen LogP contribution in [0.4, 0.5) is 0 Å². The molecule has 3 nitrogen and oxygen atoms in total. The lowest BCUT2D eigenvalue weighted by Gasteiger charge is -2.04. The zero-order valence-electron chi connectivity index (χ0n) is 11.2. The highest BCUT2D eigenvalue weighted by Gasteiger charge is 2.15. The molecule has 18 heavy (non-hydrogen) atoms. The van der Waals surface area contributed by atoms with Gasteiger partial charge in [-0.25, -0.2) is 0 Å². The van der Waals surface area contributed by atoms with E-state index in [9.17, 15) is 0 Å². The summed E-state index contributed by atoms with van der Waals surface area (Å²) in [4.78, 5) is 0. The first kappa shape index (κ1) is 11.8. The molecule has 0 saturated heterocycles. The Morgan fingerprint density at radius 3 is 2.78 bits per heavy atom. The fraction of sp³-hybridized carbons (Fsp3) is 0.467. The maximum atomic E-state index is 5.86. The van der Waals surface area contributed by atoms with E-state index < -0.39 is 0 Å². The summed E-state index contributed by atoms with van der Waals surface area (Å²) in [6.07, 6.45) is 4.38. The van der Waals surface area contributed by atoms with Crippen LogP contribution < -0.4 is 11.1 Å². The molecule has 0 radical (unpaired) electrons. The summed E-state index contributed by atoms with van der Waals surface area (Å²) < 4.78 is 2.24. The molecule has 1 atom stereocenters. The van der Waals surface area contributed by atoms with Crippen LogP contribution in [0.25, 0.3) is 10.9 Å². The van der Waals surface area contributed by atoms with Gasteiger partial charge in [-0.1, -0.05) is 0 Å². The van der Waals surface area contributed by atoms with Crippen molar-refractivity contribution in [1.29, 1.82) is 0 Å². The summed E-state index contributed by atoms with van der Waals surface area (Å²) in [5, 5.41) is 4.82. The highest BCUT2D eigenvalue weighted by molar-refractivity contribution is 5.85. The van der Waals surface area contributed by atoms with Crippen LogP contribution >= 0.6 is 0 Å². The Hall–Kier alpha value is -1.32. The standard InChI is InChI=1S/C15H21N3/c1-10(16)3-4-11-9-18(2)15-6-13-8-17-7-12(13)5-14(11)15/h5-6,9-10,17H,3-4,7-8,16H2,1-2H3. The molecule has 0 amide bonds. The van der Waals surface area contributed by atoms with Gasteiger partial charge in [0.1, 0.15) is 0 Å². The summed E-state index contributed by atoms with van der Waals surface area (Å²) in [5.41, 5.74) is 11.5. The Bertz CT molecular complexity index is 581. The zero-order valence-corrected chi connectivity index (χ0v) is 11.2. The first-order valence-electron chi connectivity index (χ1n) is 6.71. The molecule has 0 bridgehead atoms. The first-order chi connectivity index (χ1) is 8.65.